The van der Waals surface area contributed by atoms with Crippen LogP contribution in [0.1, 0.15) is 15.9 Å². The molecule has 8 heteroatoms. The Morgan fingerprint density at radius 1 is 1.08 bits per heavy atom. The summed E-state index contributed by atoms with van der Waals surface area (Å²) >= 11 is 0. The van der Waals surface area contributed by atoms with Crippen molar-refractivity contribution >= 4 is 23.6 Å². The SMILES string of the molecule is COC(=O)c1ccc(C=Nc2ccc(OC)c(OC)c2)c([N+](=O)[O-])c1. The van der Waals surface area contributed by atoms with Crippen LogP contribution in [0.15, 0.2) is 41.4 Å². The number of benzene rings is 2. The molecule has 25 heavy (non-hydrogen) atoms. The minimum absolute atomic E-state index is 0.0949. The molecule has 8 nitrogen and oxygen atoms in total. The van der Waals surface area contributed by atoms with Gasteiger partial charge in [-0.1, -0.05) is 0 Å². The van der Waals surface area contributed by atoms with Gasteiger partial charge < -0.3 is 14.2 Å². The van der Waals surface area contributed by atoms with Gasteiger partial charge in [0.25, 0.3) is 5.69 Å². The first-order valence-corrected chi connectivity index (χ1v) is 7.13. The van der Waals surface area contributed by atoms with Gasteiger partial charge in [0.1, 0.15) is 0 Å². The summed E-state index contributed by atoms with van der Waals surface area (Å²) in [4.78, 5) is 26.4. The first-order valence-electron chi connectivity index (χ1n) is 7.13. The number of hydrogen-bond donors (Lipinski definition) is 0. The van der Waals surface area contributed by atoms with Gasteiger partial charge in [-0.05, 0) is 24.3 Å². The third kappa shape index (κ3) is 4.11. The molecular weight excluding hydrogens is 328 g/mol. The highest BCUT2D eigenvalue weighted by Gasteiger charge is 2.16. The van der Waals surface area contributed by atoms with Gasteiger partial charge in [-0.15, -0.1) is 0 Å². The molecule has 0 aliphatic rings. The predicted octanol–water partition coefficient (Wildman–Crippen LogP) is 3.15. The average molecular weight is 344 g/mol. The van der Waals surface area contributed by atoms with E-state index in [4.69, 9.17) is 9.47 Å². The number of nitro groups is 1. The maximum Gasteiger partial charge on any atom is 0.338 e. The minimum atomic E-state index is -0.647. The van der Waals surface area contributed by atoms with Crippen LogP contribution < -0.4 is 9.47 Å². The lowest BCUT2D eigenvalue weighted by atomic mass is 10.1. The zero-order valence-electron chi connectivity index (χ0n) is 13.9. The number of nitro benzene ring substituents is 1. The summed E-state index contributed by atoms with van der Waals surface area (Å²) in [5.41, 5.74) is 0.640. The van der Waals surface area contributed by atoms with Crippen LogP contribution in [0.4, 0.5) is 11.4 Å². The molecule has 0 saturated heterocycles. The molecule has 0 atom stereocenters. The van der Waals surface area contributed by atoms with Crippen LogP contribution in [0.5, 0.6) is 11.5 Å². The molecule has 0 spiro atoms. The van der Waals surface area contributed by atoms with E-state index in [0.29, 0.717) is 17.2 Å². The van der Waals surface area contributed by atoms with Crippen molar-refractivity contribution < 1.29 is 23.9 Å². The molecule has 0 amide bonds. The molecular formula is C17H16N2O6. The maximum absolute atomic E-state index is 11.5. The van der Waals surface area contributed by atoms with Crippen LogP contribution in [-0.2, 0) is 4.74 Å². The largest absolute Gasteiger partial charge is 0.493 e. The standard InChI is InChI=1S/C17H16N2O6/c1-23-15-7-6-13(9-16(15)24-2)18-10-12-5-4-11(17(20)25-3)8-14(12)19(21)22/h4-10H,1-3H3. The van der Waals surface area contributed by atoms with Crippen LogP contribution in [0, 0.1) is 10.1 Å². The van der Waals surface area contributed by atoms with Crippen molar-refractivity contribution in [3.05, 3.63) is 57.6 Å². The summed E-state index contributed by atoms with van der Waals surface area (Å²) in [6.07, 6.45) is 1.35. The van der Waals surface area contributed by atoms with Crippen molar-refractivity contribution in [1.82, 2.24) is 0 Å². The monoisotopic (exact) mass is 344 g/mol. The highest BCUT2D eigenvalue weighted by Crippen LogP contribution is 2.31. The summed E-state index contributed by atoms with van der Waals surface area (Å²) in [6.45, 7) is 0. The second kappa shape index (κ2) is 7.91. The Hall–Kier alpha value is -3.42. The van der Waals surface area contributed by atoms with E-state index in [1.807, 2.05) is 0 Å². The molecule has 0 aromatic heterocycles. The number of aliphatic imine (C=N–C) groups is 1. The number of hydrogen-bond acceptors (Lipinski definition) is 7. The number of carbonyl (C=O) groups excluding carboxylic acids is 1. The Kier molecular flexibility index (Phi) is 5.67. The lowest BCUT2D eigenvalue weighted by Gasteiger charge is -2.07. The second-order valence-electron chi connectivity index (χ2n) is 4.82. The molecule has 130 valence electrons. The van der Waals surface area contributed by atoms with E-state index in [0.717, 1.165) is 6.07 Å². The number of ether oxygens (including phenoxy) is 3. The molecule has 2 rings (SSSR count). The Morgan fingerprint density at radius 3 is 2.40 bits per heavy atom. The van der Waals surface area contributed by atoms with E-state index in [9.17, 15) is 14.9 Å². The number of nitrogens with zero attached hydrogens (tertiary/aromatic N) is 2. The fourth-order valence-corrected chi connectivity index (χ4v) is 2.11. The van der Waals surface area contributed by atoms with Gasteiger partial charge in [0.2, 0.25) is 0 Å². The van der Waals surface area contributed by atoms with Crippen molar-refractivity contribution in [2.75, 3.05) is 21.3 Å². The number of rotatable bonds is 6. The van der Waals surface area contributed by atoms with Crippen LogP contribution in [0.3, 0.4) is 0 Å². The fraction of sp³-hybridized carbons (Fsp3) is 0.176. The molecule has 0 saturated carbocycles. The molecule has 0 aliphatic carbocycles. The summed E-state index contributed by atoms with van der Waals surface area (Å²) in [6, 6.07) is 9.04. The van der Waals surface area contributed by atoms with Crippen molar-refractivity contribution in [1.29, 1.82) is 0 Å². The van der Waals surface area contributed by atoms with Crippen LogP contribution >= 0.6 is 0 Å². The maximum atomic E-state index is 11.5. The van der Waals surface area contributed by atoms with Gasteiger partial charge in [-0.3, -0.25) is 15.1 Å². The summed E-state index contributed by atoms with van der Waals surface area (Å²) in [7, 11) is 4.23. The number of methoxy groups -OCH3 is 3. The first-order chi connectivity index (χ1) is 12.0. The third-order valence-electron chi connectivity index (χ3n) is 3.37. The first kappa shape index (κ1) is 17.9. The average Bonchev–Trinajstić information content (AvgIpc) is 2.65. The van der Waals surface area contributed by atoms with Crippen molar-refractivity contribution in [2.45, 2.75) is 0 Å². The fourth-order valence-electron chi connectivity index (χ4n) is 2.11. The minimum Gasteiger partial charge on any atom is -0.493 e. The zero-order chi connectivity index (χ0) is 18.4. The van der Waals surface area contributed by atoms with Gasteiger partial charge in [0.05, 0.1) is 43.1 Å². The summed E-state index contributed by atoms with van der Waals surface area (Å²) in [5, 5.41) is 11.2. The lowest BCUT2D eigenvalue weighted by molar-refractivity contribution is -0.385. The Labute approximate surface area is 143 Å². The molecule has 0 radical (unpaired) electrons. The van der Waals surface area contributed by atoms with E-state index >= 15 is 0 Å². The molecule has 0 unspecified atom stereocenters. The predicted molar refractivity (Wildman–Crippen MR) is 91.2 cm³/mol. The third-order valence-corrected chi connectivity index (χ3v) is 3.37. The van der Waals surface area contributed by atoms with Gasteiger partial charge in [-0.2, -0.15) is 0 Å². The van der Waals surface area contributed by atoms with Crippen molar-refractivity contribution in [2.24, 2.45) is 4.99 Å². The molecule has 0 N–H and O–H groups in total. The van der Waals surface area contributed by atoms with E-state index < -0.39 is 10.9 Å². The summed E-state index contributed by atoms with van der Waals surface area (Å²) in [5.74, 6) is 0.397. The van der Waals surface area contributed by atoms with Crippen molar-refractivity contribution in [3.8, 4) is 11.5 Å². The topological polar surface area (TPSA) is 100 Å². The molecule has 0 fully saturated rings. The van der Waals surface area contributed by atoms with Crippen molar-refractivity contribution in [3.63, 3.8) is 0 Å². The Morgan fingerprint density at radius 2 is 1.80 bits per heavy atom. The Balaban J connectivity index is 2.37. The van der Waals surface area contributed by atoms with Gasteiger partial charge in [0, 0.05) is 18.3 Å². The van der Waals surface area contributed by atoms with E-state index in [1.54, 1.807) is 18.2 Å². The molecule has 0 aliphatic heterocycles. The number of carbonyl (C=O) groups is 1. The lowest BCUT2D eigenvalue weighted by Crippen LogP contribution is -2.03. The van der Waals surface area contributed by atoms with E-state index in [1.165, 1.54) is 39.7 Å². The number of esters is 1. The Bertz CT molecular complexity index is 832. The van der Waals surface area contributed by atoms with Gasteiger partial charge in [-0.25, -0.2) is 4.79 Å². The highest BCUT2D eigenvalue weighted by molar-refractivity contribution is 5.94. The van der Waals surface area contributed by atoms with Gasteiger partial charge in [0.15, 0.2) is 11.5 Å². The van der Waals surface area contributed by atoms with Gasteiger partial charge >= 0.3 is 5.97 Å². The van der Waals surface area contributed by atoms with Crippen LogP contribution in [0.25, 0.3) is 0 Å². The van der Waals surface area contributed by atoms with E-state index in [2.05, 4.69) is 9.73 Å². The van der Waals surface area contributed by atoms with Crippen LogP contribution in [0.2, 0.25) is 0 Å². The summed E-state index contributed by atoms with van der Waals surface area (Å²) < 4.78 is 14.9. The van der Waals surface area contributed by atoms with Crippen LogP contribution in [-0.4, -0.2) is 38.4 Å². The normalized spacial score (nSPS) is 10.5. The molecule has 0 heterocycles. The smallest absolute Gasteiger partial charge is 0.338 e. The highest BCUT2D eigenvalue weighted by atomic mass is 16.6. The quantitative estimate of drug-likeness (QED) is 0.345. The zero-order valence-corrected chi connectivity index (χ0v) is 13.9. The second-order valence-corrected chi connectivity index (χ2v) is 4.82. The molecule has 0 bridgehead atoms. The molecule has 2 aromatic rings. The van der Waals surface area contributed by atoms with E-state index in [-0.39, 0.29) is 16.8 Å². The molecule has 2 aromatic carbocycles.